The number of hydrogen-bond donors (Lipinski definition) is 1. The van der Waals surface area contributed by atoms with Crippen LogP contribution in [-0.2, 0) is 4.74 Å². The van der Waals surface area contributed by atoms with Crippen molar-refractivity contribution in [1.82, 2.24) is 4.98 Å². The highest BCUT2D eigenvalue weighted by Gasteiger charge is 2.21. The van der Waals surface area contributed by atoms with E-state index in [-0.39, 0.29) is 0 Å². The summed E-state index contributed by atoms with van der Waals surface area (Å²) in [5.41, 5.74) is -0.771. The van der Waals surface area contributed by atoms with E-state index in [2.05, 4.69) is 9.72 Å². The Morgan fingerprint density at radius 3 is 3.45 bits per heavy atom. The van der Waals surface area contributed by atoms with Crippen LogP contribution < -0.4 is 0 Å². The van der Waals surface area contributed by atoms with Gasteiger partial charge in [-0.2, -0.15) is 0 Å². The van der Waals surface area contributed by atoms with Crippen molar-refractivity contribution in [2.24, 2.45) is 0 Å². The van der Waals surface area contributed by atoms with Crippen LogP contribution in [0.15, 0.2) is 18.3 Å². The van der Waals surface area contributed by atoms with Crippen molar-refractivity contribution in [2.45, 2.75) is 5.89 Å². The third-order valence-electron chi connectivity index (χ3n) is 1.12. The van der Waals surface area contributed by atoms with E-state index < -0.39 is 48.7 Å². The van der Waals surface area contributed by atoms with Gasteiger partial charge >= 0.3 is 0 Å². The lowest BCUT2D eigenvalue weighted by atomic mass is 10.0. The molecule has 0 aromatic carbocycles. The molecule has 1 fully saturated rings. The number of pyridine rings is 1. The molecule has 3 heteroatoms. The molecule has 1 aromatic rings. The first-order chi connectivity index (χ1) is 8.46. The van der Waals surface area contributed by atoms with E-state index in [1.807, 2.05) is 0 Å². The predicted octanol–water partition coefficient (Wildman–Crippen LogP) is 0.901. The van der Waals surface area contributed by atoms with Crippen molar-refractivity contribution < 1.29 is 20.8 Å². The third-order valence-corrected chi connectivity index (χ3v) is 1.12. The molecule has 0 unspecified atom stereocenters. The first kappa shape index (κ1) is 2.20. The summed E-state index contributed by atoms with van der Waals surface area (Å²) in [5, 5.41) is 9.49. The molecular weight excluding hydrogens is 142 g/mol. The lowest BCUT2D eigenvalue weighted by Gasteiger charge is -2.25. The third kappa shape index (κ3) is 1.19. The van der Waals surface area contributed by atoms with Gasteiger partial charge in [-0.1, -0.05) is 0 Å². The molecule has 0 bridgehead atoms. The molecule has 1 N–H and O–H groups in total. The van der Waals surface area contributed by atoms with Crippen LogP contribution in [0, 0.1) is 0 Å². The maximum Gasteiger partial charge on any atom is 0.118 e. The summed E-state index contributed by atoms with van der Waals surface area (Å²) in [4.78, 5) is 3.40. The SMILES string of the molecule is [2H]c1nc(C2([2H])C([2H])([2H])OC2([2H])[2H])c([2H])c(O)c1[2H]. The van der Waals surface area contributed by atoms with Gasteiger partial charge in [0.2, 0.25) is 0 Å². The van der Waals surface area contributed by atoms with Gasteiger partial charge in [0.15, 0.2) is 0 Å². The molecule has 0 radical (unpaired) electrons. The fourth-order valence-corrected chi connectivity index (χ4v) is 0.625. The Bertz CT molecular complexity index is 546. The lowest BCUT2D eigenvalue weighted by molar-refractivity contribution is 0.00664. The average molecular weight is 159 g/mol. The molecule has 0 saturated carbocycles. The van der Waals surface area contributed by atoms with E-state index in [1.54, 1.807) is 0 Å². The lowest BCUT2D eigenvalue weighted by Crippen LogP contribution is -2.25. The maximum absolute atomic E-state index is 9.49. The van der Waals surface area contributed by atoms with Gasteiger partial charge in [-0.05, 0) is 6.04 Å². The fourth-order valence-electron chi connectivity index (χ4n) is 0.625. The van der Waals surface area contributed by atoms with Crippen molar-refractivity contribution in [3.05, 3.63) is 24.0 Å². The van der Waals surface area contributed by atoms with Gasteiger partial charge in [-0.3, -0.25) is 4.98 Å². The molecule has 1 aromatic heterocycles. The van der Waals surface area contributed by atoms with Crippen LogP contribution in [0.25, 0.3) is 0 Å². The molecule has 11 heavy (non-hydrogen) atoms. The Balaban J connectivity index is 2.72. The maximum atomic E-state index is 9.49. The van der Waals surface area contributed by atoms with E-state index >= 15 is 0 Å². The Morgan fingerprint density at radius 2 is 2.73 bits per heavy atom. The van der Waals surface area contributed by atoms with Crippen LogP contribution >= 0.6 is 0 Å². The quantitative estimate of drug-likeness (QED) is 0.662. The second-order valence-corrected chi connectivity index (χ2v) is 1.85. The Morgan fingerprint density at radius 1 is 1.91 bits per heavy atom. The van der Waals surface area contributed by atoms with Crippen molar-refractivity contribution in [1.29, 1.82) is 0 Å². The summed E-state index contributed by atoms with van der Waals surface area (Å²) in [7, 11) is 0. The van der Waals surface area contributed by atoms with Crippen LogP contribution in [0.4, 0.5) is 0 Å². The zero-order valence-electron chi connectivity index (χ0n) is 13.3. The van der Waals surface area contributed by atoms with Gasteiger partial charge in [0, 0.05) is 19.5 Å². The minimum atomic E-state index is -2.76. The molecule has 0 amide bonds. The van der Waals surface area contributed by atoms with Crippen LogP contribution in [0.5, 0.6) is 5.75 Å². The molecule has 58 valence electrons. The second kappa shape index (κ2) is 2.51. The number of aromatic nitrogens is 1. The molecule has 1 aliphatic heterocycles. The van der Waals surface area contributed by atoms with E-state index in [0.717, 1.165) is 0 Å². The fraction of sp³-hybridized carbons (Fsp3) is 0.375. The highest BCUT2D eigenvalue weighted by Crippen LogP contribution is 2.23. The predicted molar refractivity (Wildman–Crippen MR) is 39.5 cm³/mol. The highest BCUT2D eigenvalue weighted by atomic mass is 16.5. The van der Waals surface area contributed by atoms with Gasteiger partial charge in [-0.25, -0.2) is 0 Å². The Kier molecular flexibility index (Phi) is 0.502. The smallest absolute Gasteiger partial charge is 0.118 e. The van der Waals surface area contributed by atoms with Gasteiger partial charge in [0.05, 0.1) is 28.4 Å². The molecule has 0 spiro atoms. The van der Waals surface area contributed by atoms with E-state index in [4.69, 9.17) is 11.0 Å². The molecule has 2 heterocycles. The first-order valence-electron chi connectivity index (χ1n) is 6.83. The normalized spacial score (nSPS) is 40.4. The Hall–Kier alpha value is -1.09. The Labute approximate surface area is 75.9 Å². The van der Waals surface area contributed by atoms with Gasteiger partial charge in [0.1, 0.15) is 5.75 Å². The van der Waals surface area contributed by atoms with Crippen molar-refractivity contribution in [3.63, 3.8) is 0 Å². The molecule has 3 nitrogen and oxygen atoms in total. The molecule has 2 rings (SSSR count). The van der Waals surface area contributed by atoms with Crippen molar-refractivity contribution in [2.75, 3.05) is 13.1 Å². The van der Waals surface area contributed by atoms with Gasteiger partial charge in [0.25, 0.3) is 0 Å². The van der Waals surface area contributed by atoms with Gasteiger partial charge < -0.3 is 9.84 Å². The van der Waals surface area contributed by atoms with Crippen LogP contribution in [-0.4, -0.2) is 23.2 Å². The number of rotatable bonds is 1. The van der Waals surface area contributed by atoms with Crippen LogP contribution in [0.1, 0.15) is 22.6 Å². The van der Waals surface area contributed by atoms with Crippen LogP contribution in [0.2, 0.25) is 0 Å². The number of hydrogen-bond acceptors (Lipinski definition) is 3. The van der Waals surface area contributed by atoms with Crippen LogP contribution in [0.3, 0.4) is 0 Å². The number of ether oxygens (including phenoxy) is 1. The van der Waals surface area contributed by atoms with E-state index in [9.17, 15) is 5.11 Å². The summed E-state index contributed by atoms with van der Waals surface area (Å²) < 4.78 is 64.0. The summed E-state index contributed by atoms with van der Waals surface area (Å²) >= 11 is 0. The summed E-state index contributed by atoms with van der Waals surface area (Å²) in [6, 6.07) is -1.59. The second-order valence-electron chi connectivity index (χ2n) is 1.85. The molecular formula is C8H9NO2. The molecule has 1 saturated heterocycles. The minimum Gasteiger partial charge on any atom is -0.508 e. The van der Waals surface area contributed by atoms with Crippen molar-refractivity contribution >= 4 is 0 Å². The first-order valence-corrected chi connectivity index (χ1v) is 2.83. The van der Waals surface area contributed by atoms with Gasteiger partial charge in [-0.15, -0.1) is 0 Å². The molecule has 0 atom stereocenters. The zero-order valence-corrected chi connectivity index (χ0v) is 5.30. The topological polar surface area (TPSA) is 42.4 Å². The van der Waals surface area contributed by atoms with E-state index in [0.29, 0.717) is 0 Å². The largest absolute Gasteiger partial charge is 0.508 e. The standard InChI is InChI=1S/C8H9NO2/c10-7-1-2-9-8(3-7)6-4-11-5-6/h1-3,6H,4-5H2,(H,9,10)/i1D,2D,3D,4D2,5D2,6D. The number of aromatic hydroxyl groups is 1. The molecule has 1 aliphatic rings. The summed E-state index contributed by atoms with van der Waals surface area (Å²) in [6.07, 6.45) is -0.770. The van der Waals surface area contributed by atoms with E-state index in [1.165, 1.54) is 0 Å². The zero-order chi connectivity index (χ0) is 14.8. The summed E-state index contributed by atoms with van der Waals surface area (Å²) in [5.74, 6) is -3.64. The average Bonchev–Trinajstić information content (AvgIpc) is 2.28. The molecule has 0 aliphatic carbocycles. The summed E-state index contributed by atoms with van der Waals surface area (Å²) in [6.45, 7) is -5.52. The highest BCUT2D eigenvalue weighted by molar-refractivity contribution is 5.23. The number of nitrogens with zero attached hydrogens (tertiary/aromatic N) is 1. The monoisotopic (exact) mass is 159 g/mol. The minimum absolute atomic E-state index is 0.737. The van der Waals surface area contributed by atoms with Crippen molar-refractivity contribution in [3.8, 4) is 5.75 Å².